The number of unbranched alkanes of at least 4 members (excludes halogenated alkanes) is 1. The first-order chi connectivity index (χ1) is 63.6. The van der Waals surface area contributed by atoms with Crippen LogP contribution in [0.25, 0.3) is 10.9 Å². The van der Waals surface area contributed by atoms with Crippen molar-refractivity contribution in [2.24, 2.45) is 23.1 Å². The first-order valence-electron chi connectivity index (χ1n) is 43.7. The van der Waals surface area contributed by atoms with Gasteiger partial charge in [0.2, 0.25) is 94.5 Å². The van der Waals surface area contributed by atoms with E-state index in [4.69, 9.17) is 17.2 Å². The molecule has 0 spiro atoms. The summed E-state index contributed by atoms with van der Waals surface area (Å²) in [6.45, 7) is 2.39. The molecule has 0 radical (unpaired) electrons. The molecule has 3 aliphatic heterocycles. The molecule has 3 aliphatic rings. The number of aliphatic carboxylic acids is 1. The lowest BCUT2D eigenvalue weighted by molar-refractivity contribution is -0.152. The summed E-state index contributed by atoms with van der Waals surface area (Å²) in [7, 11) is 3.55. The van der Waals surface area contributed by atoms with Gasteiger partial charge in [-0.2, -0.15) is 0 Å². The summed E-state index contributed by atoms with van der Waals surface area (Å²) >= 11 is 0.619. The van der Waals surface area contributed by atoms with E-state index in [9.17, 15) is 63.2 Å². The number of H-pyrrole nitrogens is 1. The molecule has 3 fully saturated rings. The average molecular weight is 1890 g/mol. The fourth-order valence-corrected chi connectivity index (χ4v) is 17.1. The molecular weight excluding hydrogens is 1770 g/mol. The number of halogens is 3. The molecule has 0 aliphatic carbocycles. The van der Waals surface area contributed by atoms with Crippen LogP contribution in [0.4, 0.5) is 13.2 Å². The van der Waals surface area contributed by atoms with Crippen LogP contribution in [0, 0.1) is 23.4 Å². The van der Waals surface area contributed by atoms with Crippen molar-refractivity contribution in [2.45, 2.75) is 201 Å². The first kappa shape index (κ1) is 104. The maximum absolute atomic E-state index is 15.7. The summed E-state index contributed by atoms with van der Waals surface area (Å²) in [4.78, 5) is 257. The standard InChI is InChI=1S/C91H115F3N18O21S/c1-7-8-23-68-90(132)112-45-56(115)40-71(112)86(128)105-65(41-76(119)120)83(125)107-78(48(2)3)91(133)109(5)69(36-49-17-11-9-12-18-49)84(126)102-62(28-29-73(96)116)88(130)111-44-55(114)39-70(111)85(127)104-64(38-53-42-98-60-22-16-15-21-57(53)60)82(124)103-63(34-51-24-26-54(113)27-25-51)81(123)101-61(30-31-95)80(122)106-67(79(121)99-43-74(97)117)46-134-47-75(118)100-66(35-52-32-58(92)77(94)59(93)33-52)87(129)110(6)72(89(131)108(68)4)37-50-19-13-10-14-20-50/h9-22,24-27,32-33,42,48,55-56,61-72,78,98,113-115H,7-8,23,28-31,34-41,43-47,95H2,1-6H3,(H2,96,116)(H2,97,117)(H,99,121)(H,100,118)(H,101,123)(H,102,126)(H,103,124)(H,104,127)(H,105,128)(H,106,122)(H,107,125)(H,119,120)/t55-,56-,61+,62-,63+,64+,65+,66+,67+,68+,69-,70-,71-,72+,78+/m1/s1. The first-order valence-corrected chi connectivity index (χ1v) is 44.9. The average Bonchev–Trinajstić information content (AvgIpc) is 1.17. The highest BCUT2D eigenvalue weighted by Crippen LogP contribution is 2.29. The topological polar surface area (TPSA) is 589 Å². The minimum atomic E-state index is -2.07. The number of para-hydroxylation sites is 1. The number of aliphatic hydroxyl groups is 2. The number of amides is 16. The molecule has 5 aromatic carbocycles. The lowest BCUT2D eigenvalue weighted by Gasteiger charge is -2.38. The second-order valence-electron chi connectivity index (χ2n) is 33.8. The highest BCUT2D eigenvalue weighted by molar-refractivity contribution is 8.00. The zero-order chi connectivity index (χ0) is 98.1. The van der Waals surface area contributed by atoms with Gasteiger partial charge in [-0.25, -0.2) is 13.2 Å². The van der Waals surface area contributed by atoms with Gasteiger partial charge in [-0.3, -0.25) is 81.5 Å². The second kappa shape index (κ2) is 48.7. The van der Waals surface area contributed by atoms with Gasteiger partial charge in [-0.05, 0) is 89.9 Å². The highest BCUT2D eigenvalue weighted by atomic mass is 32.2. The third-order valence-corrected chi connectivity index (χ3v) is 24.5. The highest BCUT2D eigenvalue weighted by Gasteiger charge is 2.48. The van der Waals surface area contributed by atoms with E-state index >= 15 is 51.9 Å². The van der Waals surface area contributed by atoms with Crippen molar-refractivity contribution in [3.8, 4) is 5.75 Å². The Morgan fingerprint density at radius 2 is 1.02 bits per heavy atom. The SMILES string of the molecule is CCCC[C@H]1C(=O)N2C[C@H](O)C[C@@H]2C(=O)N[C@@H](CC(=O)O)C(=O)N[C@@H](C(C)C)C(=O)N(C)[C@H](Cc2ccccc2)C(=O)N[C@H](CCC(N)=O)C(=O)N2C[C@H](O)C[C@@H]2C(=O)N[C@@H](Cc2c[nH]c3ccccc23)C(=O)N[C@@H](Cc2ccc(O)cc2)C(=O)N[C@@H](CCN)C(=O)N[C@H](C(=O)NCC(N)=O)CSCC(=O)N[C@@H](Cc2cc(F)c(F)c(F)c2)C(=O)N(C)[C@@H](Cc2ccccc2)C(=O)N1C. The minimum absolute atomic E-state index is 0.150. The van der Waals surface area contributed by atoms with Gasteiger partial charge in [0.1, 0.15) is 84.3 Å². The molecule has 0 bridgehead atoms. The third kappa shape index (κ3) is 28.5. The van der Waals surface area contributed by atoms with Crippen LogP contribution in [0.15, 0.2) is 128 Å². The van der Waals surface area contributed by atoms with Gasteiger partial charge >= 0.3 is 5.97 Å². The molecule has 9 rings (SSSR count). The van der Waals surface area contributed by atoms with E-state index in [0.717, 1.165) is 31.5 Å². The quantitative estimate of drug-likeness (QED) is 0.0303. The Labute approximate surface area is 773 Å². The van der Waals surface area contributed by atoms with Crippen LogP contribution in [0.1, 0.15) is 106 Å². The molecule has 4 heterocycles. The number of thioether (sulfide) groups is 1. The number of aromatic nitrogens is 1. The maximum atomic E-state index is 15.7. The molecule has 6 aromatic rings. The van der Waals surface area contributed by atoms with E-state index in [1.807, 2.05) is 0 Å². The number of nitrogens with one attached hydrogen (secondary N) is 10. The Hall–Kier alpha value is -13.6. The van der Waals surface area contributed by atoms with Crippen molar-refractivity contribution in [1.82, 2.24) is 77.3 Å². The Kier molecular flexibility index (Phi) is 37.9. The number of carboxylic acids is 1. The molecule has 134 heavy (non-hydrogen) atoms. The van der Waals surface area contributed by atoms with Gasteiger partial charge in [0.25, 0.3) is 0 Å². The predicted octanol–water partition coefficient (Wildman–Crippen LogP) is -1.63. The summed E-state index contributed by atoms with van der Waals surface area (Å²) in [6, 6.07) is 6.73. The molecule has 43 heteroatoms. The molecule has 16 amide bonds. The van der Waals surface area contributed by atoms with Crippen LogP contribution < -0.4 is 65.1 Å². The summed E-state index contributed by atoms with van der Waals surface area (Å²) in [5.74, 6) is -26.6. The van der Waals surface area contributed by atoms with Crippen molar-refractivity contribution < 1.29 is 115 Å². The number of carbonyl (C=O) groups excluding carboxylic acids is 16. The van der Waals surface area contributed by atoms with Gasteiger partial charge in [0.05, 0.1) is 30.9 Å². The Balaban J connectivity index is 1.14. The summed E-state index contributed by atoms with van der Waals surface area (Å²) < 4.78 is 45.0. The van der Waals surface area contributed by atoms with Gasteiger partial charge in [0.15, 0.2) is 17.5 Å². The van der Waals surface area contributed by atoms with Crippen LogP contribution in [-0.4, -0.2) is 300 Å². The van der Waals surface area contributed by atoms with E-state index in [2.05, 4.69) is 52.8 Å². The number of benzene rings is 5. The summed E-state index contributed by atoms with van der Waals surface area (Å²) in [5.41, 5.74) is 18.9. The van der Waals surface area contributed by atoms with E-state index in [1.165, 1.54) is 52.2 Å². The lowest BCUT2D eigenvalue weighted by atomic mass is 9.98. The van der Waals surface area contributed by atoms with Gasteiger partial charge in [0, 0.05) is 108 Å². The van der Waals surface area contributed by atoms with Crippen molar-refractivity contribution in [3.63, 3.8) is 0 Å². The van der Waals surface area contributed by atoms with Gasteiger partial charge < -0.3 is 115 Å². The van der Waals surface area contributed by atoms with Crippen LogP contribution in [0.5, 0.6) is 5.75 Å². The number of nitrogens with zero attached hydrogens (tertiary/aromatic N) is 5. The normalized spacial score (nSPS) is 24.6. The van der Waals surface area contributed by atoms with E-state index in [-0.39, 0.29) is 44.4 Å². The number of fused-ring (bicyclic) bond motifs is 3. The predicted molar refractivity (Wildman–Crippen MR) is 480 cm³/mol. The molecular formula is C91H115F3N18O21S. The molecule has 0 unspecified atom stereocenters. The number of aromatic hydroxyl groups is 1. The van der Waals surface area contributed by atoms with E-state index < -0.39 is 303 Å². The van der Waals surface area contributed by atoms with E-state index in [0.29, 0.717) is 63.5 Å². The minimum Gasteiger partial charge on any atom is -0.508 e. The monoisotopic (exact) mass is 1880 g/mol. The number of nitrogens with two attached hydrogens (primary N) is 3. The van der Waals surface area contributed by atoms with Crippen molar-refractivity contribution >= 4 is 123 Å². The Bertz CT molecular complexity index is 5240. The molecule has 20 N–H and O–H groups in total. The second-order valence-corrected chi connectivity index (χ2v) is 34.8. The number of phenolic OH excluding ortho intramolecular Hbond substituents is 1. The van der Waals surface area contributed by atoms with E-state index in [1.54, 1.807) is 98.0 Å². The molecule has 1 aromatic heterocycles. The lowest BCUT2D eigenvalue weighted by Crippen LogP contribution is -2.62. The smallest absolute Gasteiger partial charge is 0.305 e. The van der Waals surface area contributed by atoms with Crippen LogP contribution in [0.3, 0.4) is 0 Å². The van der Waals surface area contributed by atoms with Crippen LogP contribution in [-0.2, 0) is 114 Å². The largest absolute Gasteiger partial charge is 0.508 e. The number of aliphatic hydroxyl groups excluding tert-OH is 2. The Morgan fingerprint density at radius 1 is 0.515 bits per heavy atom. The zero-order valence-corrected chi connectivity index (χ0v) is 75.6. The fourth-order valence-electron chi connectivity index (χ4n) is 16.2. The number of phenols is 1. The van der Waals surface area contributed by atoms with Gasteiger partial charge in [-0.15, -0.1) is 11.8 Å². The number of likely N-dealkylation sites (N-methyl/N-ethyl adjacent to an activating group) is 3. The molecule has 722 valence electrons. The number of carbonyl (C=O) groups is 17. The zero-order valence-electron chi connectivity index (χ0n) is 74.7. The number of rotatable bonds is 24. The third-order valence-electron chi connectivity index (χ3n) is 23.5. The number of hydrogen-bond donors (Lipinski definition) is 17. The molecule has 39 nitrogen and oxygen atoms in total. The number of aromatic amines is 1. The van der Waals surface area contributed by atoms with Crippen molar-refractivity contribution in [1.29, 1.82) is 0 Å². The molecule has 3 saturated heterocycles. The summed E-state index contributed by atoms with van der Waals surface area (Å²) in [6.07, 6.45) is -6.98. The maximum Gasteiger partial charge on any atom is 0.305 e. The summed E-state index contributed by atoms with van der Waals surface area (Å²) in [5, 5.41) is 66.9. The number of primary amides is 2. The van der Waals surface area contributed by atoms with Crippen LogP contribution in [0.2, 0.25) is 0 Å². The van der Waals surface area contributed by atoms with Crippen LogP contribution >= 0.6 is 11.8 Å². The Morgan fingerprint density at radius 3 is 1.60 bits per heavy atom. The van der Waals surface area contributed by atoms with Crippen molar-refractivity contribution in [2.75, 3.05) is 58.8 Å². The number of carboxylic acid groups (broad SMARTS) is 1. The van der Waals surface area contributed by atoms with Crippen molar-refractivity contribution in [3.05, 3.63) is 173 Å². The molecule has 15 atom stereocenters. The fraction of sp³-hybridized carbons (Fsp3) is 0.462. The van der Waals surface area contributed by atoms with Gasteiger partial charge in [-0.1, -0.05) is 125 Å². The number of hydrogen-bond acceptors (Lipinski definition) is 22. The molecule has 0 saturated carbocycles.